The topological polar surface area (TPSA) is 20.2 Å². The van der Waals surface area contributed by atoms with Crippen molar-refractivity contribution in [2.75, 3.05) is 0 Å². The van der Waals surface area contributed by atoms with Crippen LogP contribution in [0.2, 0.25) is 5.02 Å². The van der Waals surface area contributed by atoms with Crippen LogP contribution in [0.15, 0.2) is 30.3 Å². The van der Waals surface area contributed by atoms with E-state index in [1.165, 1.54) is 6.07 Å². The molecule has 0 radical (unpaired) electrons. The number of hydrogen-bond donors (Lipinski definition) is 1. The molecule has 4 heteroatoms. The SMILES string of the molecule is Cc1cc(C(O)c2ccc(F)cc2F)c(C)cc1Cl. The molecule has 1 atom stereocenters. The molecule has 0 aliphatic carbocycles. The first-order valence-electron chi connectivity index (χ1n) is 5.80. The predicted octanol–water partition coefficient (Wildman–Crippen LogP) is 4.32. The molecular formula is C15H13ClF2O. The highest BCUT2D eigenvalue weighted by molar-refractivity contribution is 6.31. The van der Waals surface area contributed by atoms with Crippen LogP contribution in [0.4, 0.5) is 8.78 Å². The molecule has 2 aromatic rings. The van der Waals surface area contributed by atoms with E-state index in [9.17, 15) is 13.9 Å². The van der Waals surface area contributed by atoms with Gasteiger partial charge in [0.05, 0.1) is 0 Å². The zero-order valence-electron chi connectivity index (χ0n) is 10.5. The summed E-state index contributed by atoms with van der Waals surface area (Å²) >= 11 is 5.98. The number of aryl methyl sites for hydroxylation is 2. The van der Waals surface area contributed by atoms with E-state index in [4.69, 9.17) is 11.6 Å². The molecule has 0 aliphatic heterocycles. The van der Waals surface area contributed by atoms with E-state index >= 15 is 0 Å². The molecule has 0 aromatic heterocycles. The van der Waals surface area contributed by atoms with Crippen molar-refractivity contribution in [1.29, 1.82) is 0 Å². The average molecular weight is 283 g/mol. The van der Waals surface area contributed by atoms with Crippen molar-refractivity contribution in [2.24, 2.45) is 0 Å². The molecule has 19 heavy (non-hydrogen) atoms. The van der Waals surface area contributed by atoms with Gasteiger partial charge in [-0.2, -0.15) is 0 Å². The Labute approximate surface area is 115 Å². The van der Waals surface area contributed by atoms with Gasteiger partial charge in [-0.15, -0.1) is 0 Å². The summed E-state index contributed by atoms with van der Waals surface area (Å²) in [4.78, 5) is 0. The fourth-order valence-corrected chi connectivity index (χ4v) is 2.21. The highest BCUT2D eigenvalue weighted by Crippen LogP contribution is 2.30. The maximum absolute atomic E-state index is 13.7. The van der Waals surface area contributed by atoms with Crippen molar-refractivity contribution in [3.63, 3.8) is 0 Å². The van der Waals surface area contributed by atoms with E-state index < -0.39 is 17.7 Å². The number of halogens is 3. The summed E-state index contributed by atoms with van der Waals surface area (Å²) in [7, 11) is 0. The molecule has 0 fully saturated rings. The first-order valence-corrected chi connectivity index (χ1v) is 6.17. The Morgan fingerprint density at radius 1 is 1.00 bits per heavy atom. The van der Waals surface area contributed by atoms with Crippen LogP contribution in [0.5, 0.6) is 0 Å². The van der Waals surface area contributed by atoms with Crippen molar-refractivity contribution in [3.05, 3.63) is 69.2 Å². The Hall–Kier alpha value is -1.45. The molecular weight excluding hydrogens is 270 g/mol. The maximum Gasteiger partial charge on any atom is 0.132 e. The minimum Gasteiger partial charge on any atom is -0.384 e. The summed E-state index contributed by atoms with van der Waals surface area (Å²) in [5, 5.41) is 10.8. The molecule has 0 heterocycles. The maximum atomic E-state index is 13.7. The summed E-state index contributed by atoms with van der Waals surface area (Å²) in [6.45, 7) is 3.59. The second-order valence-electron chi connectivity index (χ2n) is 4.53. The number of benzene rings is 2. The number of aliphatic hydroxyl groups excluding tert-OH is 1. The fraction of sp³-hybridized carbons (Fsp3) is 0.200. The third-order valence-electron chi connectivity index (χ3n) is 3.10. The van der Waals surface area contributed by atoms with Gasteiger partial charge in [0.15, 0.2) is 0 Å². The standard InChI is InChI=1S/C15H13ClF2O/c1-8-6-13(16)9(2)5-12(8)15(19)11-4-3-10(17)7-14(11)18/h3-7,15,19H,1-2H3. The molecule has 2 aromatic carbocycles. The summed E-state index contributed by atoms with van der Waals surface area (Å²) in [5.41, 5.74) is 2.16. The molecule has 0 saturated carbocycles. The largest absolute Gasteiger partial charge is 0.384 e. The fourth-order valence-electron chi connectivity index (χ4n) is 1.99. The quantitative estimate of drug-likeness (QED) is 0.870. The first-order chi connectivity index (χ1) is 8.90. The van der Waals surface area contributed by atoms with E-state index in [1.807, 2.05) is 0 Å². The van der Waals surface area contributed by atoms with Crippen LogP contribution in [-0.2, 0) is 0 Å². The van der Waals surface area contributed by atoms with Crippen LogP contribution in [0.1, 0.15) is 28.4 Å². The molecule has 0 saturated heterocycles. The Morgan fingerprint density at radius 3 is 2.32 bits per heavy atom. The van der Waals surface area contributed by atoms with Crippen molar-refractivity contribution >= 4 is 11.6 Å². The highest BCUT2D eigenvalue weighted by Gasteiger charge is 2.18. The molecule has 0 amide bonds. The Morgan fingerprint density at radius 2 is 1.68 bits per heavy atom. The van der Waals surface area contributed by atoms with Gasteiger partial charge >= 0.3 is 0 Å². The second kappa shape index (κ2) is 5.27. The monoisotopic (exact) mass is 282 g/mol. The Kier molecular flexibility index (Phi) is 3.88. The second-order valence-corrected chi connectivity index (χ2v) is 4.93. The van der Waals surface area contributed by atoms with Gasteiger partial charge in [-0.25, -0.2) is 8.78 Å². The van der Waals surface area contributed by atoms with Crippen molar-refractivity contribution in [1.82, 2.24) is 0 Å². The van der Waals surface area contributed by atoms with Gasteiger partial charge in [0.2, 0.25) is 0 Å². The molecule has 1 nitrogen and oxygen atoms in total. The van der Waals surface area contributed by atoms with Crippen molar-refractivity contribution in [3.8, 4) is 0 Å². The third kappa shape index (κ3) is 2.77. The van der Waals surface area contributed by atoms with E-state index in [0.717, 1.165) is 23.3 Å². The van der Waals surface area contributed by atoms with E-state index in [1.54, 1.807) is 26.0 Å². The Balaban J connectivity index is 2.49. The first kappa shape index (κ1) is 14.0. The number of aliphatic hydroxyl groups is 1. The minimum atomic E-state index is -1.14. The average Bonchev–Trinajstić information content (AvgIpc) is 2.33. The van der Waals surface area contributed by atoms with E-state index in [-0.39, 0.29) is 5.56 Å². The van der Waals surface area contributed by atoms with Crippen LogP contribution in [-0.4, -0.2) is 5.11 Å². The van der Waals surface area contributed by atoms with E-state index in [0.29, 0.717) is 10.6 Å². The highest BCUT2D eigenvalue weighted by atomic mass is 35.5. The van der Waals surface area contributed by atoms with Gasteiger partial charge in [0.1, 0.15) is 17.7 Å². The summed E-state index contributed by atoms with van der Waals surface area (Å²) in [6.07, 6.45) is -1.14. The number of rotatable bonds is 2. The van der Waals surface area contributed by atoms with Crippen molar-refractivity contribution in [2.45, 2.75) is 20.0 Å². The van der Waals surface area contributed by atoms with Gasteiger partial charge in [-0.3, -0.25) is 0 Å². The van der Waals surface area contributed by atoms with Crippen LogP contribution in [0.25, 0.3) is 0 Å². The molecule has 2 rings (SSSR count). The van der Waals surface area contributed by atoms with Gasteiger partial charge in [0, 0.05) is 16.7 Å². The van der Waals surface area contributed by atoms with Gasteiger partial charge in [-0.05, 0) is 42.7 Å². The van der Waals surface area contributed by atoms with E-state index in [2.05, 4.69) is 0 Å². The summed E-state index contributed by atoms with van der Waals surface area (Å²) in [6, 6.07) is 6.57. The normalized spacial score (nSPS) is 12.5. The molecule has 1 N–H and O–H groups in total. The van der Waals surface area contributed by atoms with Crippen LogP contribution >= 0.6 is 11.6 Å². The molecule has 0 aliphatic rings. The zero-order chi connectivity index (χ0) is 14.2. The van der Waals surface area contributed by atoms with Crippen LogP contribution in [0, 0.1) is 25.5 Å². The number of hydrogen-bond acceptors (Lipinski definition) is 1. The lowest BCUT2D eigenvalue weighted by atomic mass is 9.95. The van der Waals surface area contributed by atoms with Crippen LogP contribution < -0.4 is 0 Å². The van der Waals surface area contributed by atoms with Gasteiger partial charge in [0.25, 0.3) is 0 Å². The van der Waals surface area contributed by atoms with Gasteiger partial charge < -0.3 is 5.11 Å². The predicted molar refractivity (Wildman–Crippen MR) is 71.3 cm³/mol. The molecule has 0 bridgehead atoms. The lowest BCUT2D eigenvalue weighted by Crippen LogP contribution is -2.05. The molecule has 0 spiro atoms. The molecule has 1 unspecified atom stereocenters. The van der Waals surface area contributed by atoms with Crippen molar-refractivity contribution < 1.29 is 13.9 Å². The lowest BCUT2D eigenvalue weighted by molar-refractivity contribution is 0.214. The zero-order valence-corrected chi connectivity index (χ0v) is 11.3. The summed E-state index contributed by atoms with van der Waals surface area (Å²) < 4.78 is 26.5. The summed E-state index contributed by atoms with van der Waals surface area (Å²) in [5.74, 6) is -1.43. The smallest absolute Gasteiger partial charge is 0.132 e. The Bertz CT molecular complexity index is 626. The van der Waals surface area contributed by atoms with Crippen LogP contribution in [0.3, 0.4) is 0 Å². The minimum absolute atomic E-state index is 0.0474. The lowest BCUT2D eigenvalue weighted by Gasteiger charge is -2.16. The van der Waals surface area contributed by atoms with Gasteiger partial charge in [-0.1, -0.05) is 23.7 Å². The third-order valence-corrected chi connectivity index (χ3v) is 3.51. The molecule has 100 valence electrons.